The molecule has 0 saturated carbocycles. The molecule has 0 amide bonds. The van der Waals surface area contributed by atoms with Crippen molar-refractivity contribution in [3.63, 3.8) is 0 Å². The lowest BCUT2D eigenvalue weighted by Crippen LogP contribution is -2.27. The summed E-state index contributed by atoms with van der Waals surface area (Å²) in [4.78, 5) is 0. The van der Waals surface area contributed by atoms with Crippen LogP contribution in [0.15, 0.2) is 0 Å². The van der Waals surface area contributed by atoms with Gasteiger partial charge in [0, 0.05) is 17.6 Å². The van der Waals surface area contributed by atoms with E-state index in [2.05, 4.69) is 33.2 Å². The van der Waals surface area contributed by atoms with Crippen molar-refractivity contribution < 1.29 is 0 Å². The zero-order valence-corrected chi connectivity index (χ0v) is 6.66. The Labute approximate surface area is 58.2 Å². The Bertz CT molecular complexity index is 28.9. The predicted octanol–water partition coefficient (Wildman–Crippen LogP) is 0.188. The molecule has 0 aliphatic rings. The maximum Gasteiger partial charge on any atom is 0.0452 e. The second-order valence-corrected chi connectivity index (χ2v) is 2.30. The van der Waals surface area contributed by atoms with Crippen molar-refractivity contribution in [3.8, 4) is 0 Å². The lowest BCUT2D eigenvalue weighted by molar-refractivity contribution is 0.661. The number of rotatable bonds is 4. The van der Waals surface area contributed by atoms with Gasteiger partial charge in [-0.25, -0.2) is 0 Å². The molecule has 7 heavy (non-hydrogen) atoms. The largest absolute Gasteiger partial charge is 0.308 e. The summed E-state index contributed by atoms with van der Waals surface area (Å²) in [6.07, 6.45) is 0. The van der Waals surface area contributed by atoms with E-state index >= 15 is 0 Å². The summed E-state index contributed by atoms with van der Waals surface area (Å²) in [5.41, 5.74) is 0. The molecule has 2 nitrogen and oxygen atoms in total. The van der Waals surface area contributed by atoms with E-state index in [1.165, 1.54) is 4.43 Å². The molecule has 0 rings (SSSR count). The first-order valence-corrected chi connectivity index (χ1v) is 3.85. The molecular weight excluding hydrogens is 203 g/mol. The van der Waals surface area contributed by atoms with E-state index in [-0.39, 0.29) is 0 Å². The van der Waals surface area contributed by atoms with Crippen molar-refractivity contribution in [2.75, 3.05) is 24.7 Å². The van der Waals surface area contributed by atoms with Crippen LogP contribution in [0.2, 0.25) is 0 Å². The van der Waals surface area contributed by atoms with Crippen LogP contribution >= 0.6 is 22.6 Å². The van der Waals surface area contributed by atoms with E-state index < -0.39 is 0 Å². The first-order chi connectivity index (χ1) is 3.41. The molecule has 0 fully saturated rings. The summed E-state index contributed by atoms with van der Waals surface area (Å²) in [6.45, 7) is 2.02. The number of alkyl halides is 1. The topological polar surface area (TPSA) is 24.1 Å². The van der Waals surface area contributed by atoms with Crippen LogP contribution in [0.5, 0.6) is 0 Å². The summed E-state index contributed by atoms with van der Waals surface area (Å²) in [6, 6.07) is 0. The molecule has 0 aromatic rings. The molecule has 0 aliphatic heterocycles. The lowest BCUT2D eigenvalue weighted by Gasteiger charge is -1.96. The van der Waals surface area contributed by atoms with Gasteiger partial charge in [-0.05, 0) is 7.05 Å². The fourth-order valence-electron chi connectivity index (χ4n) is 0.280. The van der Waals surface area contributed by atoms with Gasteiger partial charge in [0.05, 0.1) is 0 Å². The zero-order valence-electron chi connectivity index (χ0n) is 4.50. The summed E-state index contributed by atoms with van der Waals surface area (Å²) < 4.78 is 1.18. The molecule has 0 heterocycles. The molecule has 0 atom stereocenters. The smallest absolute Gasteiger partial charge is 0.0452 e. The van der Waals surface area contributed by atoms with Crippen LogP contribution in [0, 0.1) is 0 Å². The van der Waals surface area contributed by atoms with Crippen LogP contribution in [0.1, 0.15) is 0 Å². The van der Waals surface area contributed by atoms with Crippen molar-refractivity contribution in [2.24, 2.45) is 0 Å². The second kappa shape index (κ2) is 6.65. The van der Waals surface area contributed by atoms with Gasteiger partial charge in [0.15, 0.2) is 0 Å². The third kappa shape index (κ3) is 6.65. The number of nitrogens with one attached hydrogen (secondary N) is 2. The van der Waals surface area contributed by atoms with Gasteiger partial charge in [0.2, 0.25) is 0 Å². The molecule has 0 unspecified atom stereocenters. The van der Waals surface area contributed by atoms with Crippen molar-refractivity contribution in [1.82, 2.24) is 10.6 Å². The van der Waals surface area contributed by atoms with Crippen molar-refractivity contribution in [1.29, 1.82) is 0 Å². The minimum absolute atomic E-state index is 0.920. The Kier molecular flexibility index (Phi) is 7.27. The Morgan fingerprint density at radius 2 is 2.29 bits per heavy atom. The molecule has 0 radical (unpaired) electrons. The summed E-state index contributed by atoms with van der Waals surface area (Å²) in [5.74, 6) is 0. The van der Waals surface area contributed by atoms with E-state index in [1.54, 1.807) is 0 Å². The van der Waals surface area contributed by atoms with Crippen LogP contribution in [-0.2, 0) is 0 Å². The van der Waals surface area contributed by atoms with Crippen molar-refractivity contribution >= 4 is 22.6 Å². The quantitative estimate of drug-likeness (QED) is 0.302. The van der Waals surface area contributed by atoms with Crippen LogP contribution in [-0.4, -0.2) is 24.7 Å². The number of halogens is 1. The normalized spacial score (nSPS) is 9.43. The van der Waals surface area contributed by atoms with E-state index in [0.717, 1.165) is 13.2 Å². The Morgan fingerprint density at radius 3 is 2.71 bits per heavy atom. The maximum absolute atomic E-state index is 3.17. The second-order valence-electron chi connectivity index (χ2n) is 1.22. The summed E-state index contributed by atoms with van der Waals surface area (Å²) in [7, 11) is 1.93. The predicted molar refractivity (Wildman–Crippen MR) is 40.8 cm³/mol. The third-order valence-corrected chi connectivity index (χ3v) is 1.11. The maximum atomic E-state index is 3.17. The highest BCUT2D eigenvalue weighted by Crippen LogP contribution is 1.73. The van der Waals surface area contributed by atoms with Gasteiger partial charge in [-0.2, -0.15) is 0 Å². The minimum atomic E-state index is 0.920. The van der Waals surface area contributed by atoms with Gasteiger partial charge in [-0.3, -0.25) is 0 Å². The highest BCUT2D eigenvalue weighted by molar-refractivity contribution is 14.1. The van der Waals surface area contributed by atoms with Crippen LogP contribution < -0.4 is 10.6 Å². The van der Waals surface area contributed by atoms with Gasteiger partial charge in [0.25, 0.3) is 0 Å². The molecule has 3 heteroatoms. The Balaban J connectivity index is 2.45. The number of hydrogen-bond donors (Lipinski definition) is 2. The SMILES string of the molecule is CNCNCCI. The minimum Gasteiger partial charge on any atom is -0.308 e. The van der Waals surface area contributed by atoms with Gasteiger partial charge >= 0.3 is 0 Å². The van der Waals surface area contributed by atoms with Crippen LogP contribution in [0.25, 0.3) is 0 Å². The van der Waals surface area contributed by atoms with Gasteiger partial charge in [-0.15, -0.1) is 0 Å². The van der Waals surface area contributed by atoms with E-state index in [0.29, 0.717) is 0 Å². The van der Waals surface area contributed by atoms with Gasteiger partial charge < -0.3 is 10.6 Å². The first kappa shape index (κ1) is 7.65. The Morgan fingerprint density at radius 1 is 1.57 bits per heavy atom. The van der Waals surface area contributed by atoms with E-state index in [9.17, 15) is 0 Å². The summed E-state index contributed by atoms with van der Waals surface area (Å²) in [5, 5.41) is 6.15. The van der Waals surface area contributed by atoms with E-state index in [1.807, 2.05) is 7.05 Å². The monoisotopic (exact) mass is 214 g/mol. The standard InChI is InChI=1S/C4H11IN2/c1-6-4-7-3-2-5/h6-7H,2-4H2,1H3. The molecule has 0 saturated heterocycles. The fourth-order valence-corrected chi connectivity index (χ4v) is 0.662. The van der Waals surface area contributed by atoms with Gasteiger partial charge in [-0.1, -0.05) is 22.6 Å². The third-order valence-electron chi connectivity index (χ3n) is 0.573. The highest BCUT2D eigenvalue weighted by atomic mass is 127. The highest BCUT2D eigenvalue weighted by Gasteiger charge is 1.76. The average Bonchev–Trinajstić information content (AvgIpc) is 1.69. The lowest BCUT2D eigenvalue weighted by atomic mass is 10.7. The van der Waals surface area contributed by atoms with Crippen molar-refractivity contribution in [3.05, 3.63) is 0 Å². The molecule has 2 N–H and O–H groups in total. The van der Waals surface area contributed by atoms with Crippen molar-refractivity contribution in [2.45, 2.75) is 0 Å². The van der Waals surface area contributed by atoms with E-state index in [4.69, 9.17) is 0 Å². The molecule has 0 bridgehead atoms. The van der Waals surface area contributed by atoms with Crippen LogP contribution in [0.4, 0.5) is 0 Å². The number of hydrogen-bond acceptors (Lipinski definition) is 2. The molecule has 0 aromatic heterocycles. The fraction of sp³-hybridized carbons (Fsp3) is 1.00. The van der Waals surface area contributed by atoms with Crippen LogP contribution in [0.3, 0.4) is 0 Å². The summed E-state index contributed by atoms with van der Waals surface area (Å²) >= 11 is 2.34. The average molecular weight is 214 g/mol. The first-order valence-electron chi connectivity index (χ1n) is 2.33. The molecular formula is C4H11IN2. The molecule has 0 aromatic carbocycles. The zero-order chi connectivity index (χ0) is 5.54. The molecule has 0 spiro atoms. The molecule has 44 valence electrons. The molecule has 0 aliphatic carbocycles. The van der Waals surface area contributed by atoms with Gasteiger partial charge in [0.1, 0.15) is 0 Å². The Hall–Kier alpha value is 0.650.